The van der Waals surface area contributed by atoms with Crippen molar-refractivity contribution in [2.45, 2.75) is 19.8 Å². The predicted molar refractivity (Wildman–Crippen MR) is 142 cm³/mol. The van der Waals surface area contributed by atoms with Crippen LogP contribution in [0, 0.1) is 13.8 Å². The van der Waals surface area contributed by atoms with Crippen LogP contribution in [0.25, 0.3) is 0 Å². The minimum absolute atomic E-state index is 0.127. The molecule has 1 unspecified atom stereocenters. The molecule has 8 nitrogen and oxygen atoms in total. The number of benzene rings is 3. The van der Waals surface area contributed by atoms with E-state index >= 15 is 0 Å². The summed E-state index contributed by atoms with van der Waals surface area (Å²) < 4.78 is 0. The second-order valence-corrected chi connectivity index (χ2v) is 9.10. The molecule has 3 aromatic carbocycles. The number of hydrogen-bond donors (Lipinski definition) is 4. The van der Waals surface area contributed by atoms with E-state index in [-0.39, 0.29) is 50.9 Å². The first-order valence-corrected chi connectivity index (χ1v) is 11.8. The molecule has 0 aliphatic heterocycles. The van der Waals surface area contributed by atoms with Crippen LogP contribution in [-0.2, 0) is 9.59 Å². The number of allylic oxidation sites excluding steroid dienone is 5. The molecule has 0 saturated heterocycles. The number of fused-ring (bicyclic) bond motifs is 2. The summed E-state index contributed by atoms with van der Waals surface area (Å²) >= 11 is 0. The zero-order valence-corrected chi connectivity index (χ0v) is 21.1. The van der Waals surface area contributed by atoms with Gasteiger partial charge in [0.15, 0.2) is 11.6 Å². The lowest BCUT2D eigenvalue weighted by atomic mass is 9.80. The topological polar surface area (TPSA) is 149 Å². The van der Waals surface area contributed by atoms with Crippen LogP contribution in [0.1, 0.15) is 54.5 Å². The number of ketones is 4. The van der Waals surface area contributed by atoms with Crippen molar-refractivity contribution in [3.63, 3.8) is 0 Å². The lowest BCUT2D eigenvalue weighted by Gasteiger charge is -2.22. The molecular weight excluding hydrogens is 500 g/mol. The van der Waals surface area contributed by atoms with Crippen molar-refractivity contribution >= 4 is 23.1 Å². The zero-order valence-electron chi connectivity index (χ0n) is 21.1. The summed E-state index contributed by atoms with van der Waals surface area (Å²) in [6.07, 6.45) is 5.68. The van der Waals surface area contributed by atoms with Crippen LogP contribution in [0.4, 0.5) is 0 Å². The van der Waals surface area contributed by atoms with Crippen molar-refractivity contribution in [1.29, 1.82) is 0 Å². The average molecular weight is 525 g/mol. The van der Waals surface area contributed by atoms with Gasteiger partial charge >= 0.3 is 0 Å². The van der Waals surface area contributed by atoms with Gasteiger partial charge in [-0.15, -0.1) is 6.58 Å². The fourth-order valence-electron chi connectivity index (χ4n) is 4.60. The van der Waals surface area contributed by atoms with Crippen LogP contribution in [0.15, 0.2) is 78.9 Å². The van der Waals surface area contributed by atoms with Crippen molar-refractivity contribution < 1.29 is 39.6 Å². The van der Waals surface area contributed by atoms with Crippen LogP contribution in [0.2, 0.25) is 0 Å². The first kappa shape index (κ1) is 26.8. The van der Waals surface area contributed by atoms with Crippen molar-refractivity contribution in [2.24, 2.45) is 0 Å². The molecule has 3 aromatic rings. The second-order valence-electron chi connectivity index (χ2n) is 9.10. The maximum absolute atomic E-state index is 12.6. The van der Waals surface area contributed by atoms with Crippen LogP contribution in [-0.4, -0.2) is 43.6 Å². The molecule has 2 aliphatic rings. The average Bonchev–Trinajstić information content (AvgIpc) is 2.90. The third-order valence-corrected chi connectivity index (χ3v) is 6.56. The van der Waals surface area contributed by atoms with E-state index in [9.17, 15) is 39.6 Å². The summed E-state index contributed by atoms with van der Waals surface area (Å²) in [6, 6.07) is 11.9. The van der Waals surface area contributed by atoms with E-state index in [0.29, 0.717) is 5.57 Å². The molecule has 0 spiro atoms. The number of phenols is 4. The SMILES string of the molecule is C=CC(C1=CC(=O)C=CC1=O)c1ccccc1.Cc1cc(O)c2c(c1O)C(=O)c1c(O)cc(C)c(O)c1C2=O. The first-order valence-electron chi connectivity index (χ1n) is 11.8. The molecule has 1 atom stereocenters. The van der Waals surface area contributed by atoms with E-state index in [2.05, 4.69) is 6.58 Å². The largest absolute Gasteiger partial charge is 0.507 e. The predicted octanol–water partition coefficient (Wildman–Crippen LogP) is 4.49. The Balaban J connectivity index is 0.000000187. The number of aryl methyl sites for hydroxylation is 2. The molecule has 0 radical (unpaired) electrons. The van der Waals surface area contributed by atoms with Gasteiger partial charge < -0.3 is 20.4 Å². The van der Waals surface area contributed by atoms with E-state index in [1.165, 1.54) is 32.1 Å². The number of phenolic OH excluding ortho intramolecular Hbond substituents is 4. The van der Waals surface area contributed by atoms with Gasteiger partial charge in [0.1, 0.15) is 23.0 Å². The summed E-state index contributed by atoms with van der Waals surface area (Å²) in [7, 11) is 0. The van der Waals surface area contributed by atoms with Gasteiger partial charge in [0.05, 0.1) is 22.3 Å². The third-order valence-electron chi connectivity index (χ3n) is 6.56. The third kappa shape index (κ3) is 4.64. The van der Waals surface area contributed by atoms with Crippen LogP contribution >= 0.6 is 0 Å². The Bertz CT molecular complexity index is 1570. The number of aromatic hydroxyl groups is 4. The maximum Gasteiger partial charge on any atom is 0.202 e. The molecule has 0 saturated carbocycles. The highest BCUT2D eigenvalue weighted by Crippen LogP contribution is 2.45. The smallest absolute Gasteiger partial charge is 0.202 e. The quantitative estimate of drug-likeness (QED) is 0.174. The van der Waals surface area contributed by atoms with Crippen LogP contribution < -0.4 is 0 Å². The van der Waals surface area contributed by atoms with Crippen molar-refractivity contribution in [1.82, 2.24) is 0 Å². The van der Waals surface area contributed by atoms with Gasteiger partial charge in [-0.05, 0) is 60.9 Å². The van der Waals surface area contributed by atoms with Gasteiger partial charge in [0.25, 0.3) is 0 Å². The van der Waals surface area contributed by atoms with Crippen molar-refractivity contribution in [3.05, 3.63) is 118 Å². The number of carbonyl (C=O) groups is 4. The Hall–Kier alpha value is -5.24. The molecule has 39 heavy (non-hydrogen) atoms. The summed E-state index contributed by atoms with van der Waals surface area (Å²) in [5, 5.41) is 40.1. The maximum atomic E-state index is 12.6. The highest BCUT2D eigenvalue weighted by molar-refractivity contribution is 6.32. The first-order chi connectivity index (χ1) is 18.5. The molecule has 2 aliphatic carbocycles. The van der Waals surface area contributed by atoms with Gasteiger partial charge in [-0.3, -0.25) is 19.2 Å². The number of carbonyl (C=O) groups excluding carboxylic acids is 4. The van der Waals surface area contributed by atoms with Gasteiger partial charge in [-0.1, -0.05) is 36.4 Å². The van der Waals surface area contributed by atoms with Crippen molar-refractivity contribution in [3.8, 4) is 23.0 Å². The molecule has 0 heterocycles. The molecule has 4 N–H and O–H groups in total. The molecule has 8 heteroatoms. The normalized spacial score (nSPS) is 14.6. The summed E-state index contributed by atoms with van der Waals surface area (Å²) in [5.74, 6) is -3.95. The molecule has 0 aromatic heterocycles. The van der Waals surface area contributed by atoms with Crippen LogP contribution in [0.5, 0.6) is 23.0 Å². The van der Waals surface area contributed by atoms with E-state index in [0.717, 1.165) is 17.7 Å². The van der Waals surface area contributed by atoms with Gasteiger partial charge in [0.2, 0.25) is 11.6 Å². The number of rotatable bonds is 3. The molecule has 0 fully saturated rings. The minimum Gasteiger partial charge on any atom is -0.507 e. The van der Waals surface area contributed by atoms with E-state index < -0.39 is 34.6 Å². The molecule has 5 rings (SSSR count). The summed E-state index contributed by atoms with van der Waals surface area (Å²) in [5.41, 5.74) is 0.404. The van der Waals surface area contributed by atoms with Gasteiger partial charge in [0, 0.05) is 11.5 Å². The number of hydrogen-bond acceptors (Lipinski definition) is 8. The molecule has 0 bridgehead atoms. The molecular formula is C31H24O8. The van der Waals surface area contributed by atoms with E-state index in [1.54, 1.807) is 6.08 Å². The zero-order chi connectivity index (χ0) is 28.6. The Morgan fingerprint density at radius 1 is 0.718 bits per heavy atom. The summed E-state index contributed by atoms with van der Waals surface area (Å²) in [6.45, 7) is 6.68. The second kappa shape index (κ2) is 10.3. The lowest BCUT2D eigenvalue weighted by molar-refractivity contribution is -0.114. The minimum atomic E-state index is -0.825. The Kier molecular flexibility index (Phi) is 7.05. The van der Waals surface area contributed by atoms with E-state index in [4.69, 9.17) is 0 Å². The highest BCUT2D eigenvalue weighted by Gasteiger charge is 2.39. The van der Waals surface area contributed by atoms with Crippen LogP contribution in [0.3, 0.4) is 0 Å². The molecule has 0 amide bonds. The highest BCUT2D eigenvalue weighted by atomic mass is 16.3. The Morgan fingerprint density at radius 2 is 1.21 bits per heavy atom. The fraction of sp³-hybridized carbons (Fsp3) is 0.0968. The van der Waals surface area contributed by atoms with E-state index in [1.807, 2.05) is 30.3 Å². The standard InChI is InChI=1S/C16H12O6.C15H12O2/c1-5-3-7(17)9-11(13(5)19)15(21)10-8(18)4-6(2)14(20)12(10)16(9)22;1-2-13(11-6-4-3-5-7-11)14-10-12(16)8-9-15(14)17/h3-4,17-20H,1-2H3;2-10,13H,1H2. The Labute approximate surface area is 223 Å². The molecule has 196 valence electrons. The monoisotopic (exact) mass is 524 g/mol. The van der Waals surface area contributed by atoms with Gasteiger partial charge in [-0.25, -0.2) is 0 Å². The summed E-state index contributed by atoms with van der Waals surface area (Å²) in [4.78, 5) is 48.2. The van der Waals surface area contributed by atoms with Crippen molar-refractivity contribution in [2.75, 3.05) is 0 Å². The van der Waals surface area contributed by atoms with Gasteiger partial charge in [-0.2, -0.15) is 0 Å². The Morgan fingerprint density at radius 3 is 1.67 bits per heavy atom. The fourth-order valence-corrected chi connectivity index (χ4v) is 4.60. The lowest BCUT2D eigenvalue weighted by Crippen LogP contribution is -2.22.